The number of nitrogens with one attached hydrogen (secondary N) is 2. The lowest BCUT2D eigenvalue weighted by atomic mass is 10.2. The summed E-state index contributed by atoms with van der Waals surface area (Å²) in [6.07, 6.45) is 1.65. The van der Waals surface area contributed by atoms with E-state index in [-0.39, 0.29) is 11.6 Å². The topological polar surface area (TPSA) is 85.2 Å². The standard InChI is InChI=1S/C22H18N4O3S/c1-29-18-14-26(17-9-3-2-4-10-17)25-20(18)22(28)24-16-8-5-7-15(13-16)23-21(27)19-11-6-12-30-19/h2-14H,1H3,(H,23,27)(H,24,28). The Kier molecular flexibility index (Phi) is 5.58. The number of hydrogen-bond acceptors (Lipinski definition) is 5. The molecule has 4 aromatic rings. The first-order chi connectivity index (χ1) is 14.6. The normalized spacial score (nSPS) is 10.4. The van der Waals surface area contributed by atoms with Gasteiger partial charge in [0, 0.05) is 11.4 Å². The Labute approximate surface area is 176 Å². The number of rotatable bonds is 6. The first-order valence-corrected chi connectivity index (χ1v) is 9.97. The number of benzene rings is 2. The number of ether oxygens (including phenoxy) is 1. The van der Waals surface area contributed by atoms with Crippen LogP contribution in [0.4, 0.5) is 11.4 Å². The molecule has 2 N–H and O–H groups in total. The molecule has 2 amide bonds. The van der Waals surface area contributed by atoms with Gasteiger partial charge < -0.3 is 15.4 Å². The number of hydrogen-bond donors (Lipinski definition) is 2. The maximum atomic E-state index is 12.8. The third-order valence-electron chi connectivity index (χ3n) is 4.26. The molecule has 0 radical (unpaired) electrons. The van der Waals surface area contributed by atoms with E-state index in [0.717, 1.165) is 5.69 Å². The second-order valence-electron chi connectivity index (χ2n) is 6.29. The number of thiophene rings is 1. The first kappa shape index (κ1) is 19.4. The van der Waals surface area contributed by atoms with Crippen molar-refractivity contribution >= 4 is 34.5 Å². The summed E-state index contributed by atoms with van der Waals surface area (Å²) in [5, 5.41) is 11.8. The summed E-state index contributed by atoms with van der Waals surface area (Å²) < 4.78 is 6.91. The predicted octanol–water partition coefficient (Wildman–Crippen LogP) is 4.45. The van der Waals surface area contributed by atoms with Crippen LogP contribution < -0.4 is 15.4 Å². The SMILES string of the molecule is COc1cn(-c2ccccc2)nc1C(=O)Nc1cccc(NC(=O)c2cccs2)c1. The minimum atomic E-state index is -0.414. The monoisotopic (exact) mass is 418 g/mol. The van der Waals surface area contributed by atoms with Crippen LogP contribution in [0.3, 0.4) is 0 Å². The number of carbonyl (C=O) groups is 2. The number of para-hydroxylation sites is 1. The lowest BCUT2D eigenvalue weighted by molar-refractivity contribution is 0.101. The van der Waals surface area contributed by atoms with Crippen LogP contribution in [-0.4, -0.2) is 28.7 Å². The summed E-state index contributed by atoms with van der Waals surface area (Å²) in [4.78, 5) is 25.7. The van der Waals surface area contributed by atoms with E-state index < -0.39 is 5.91 Å². The van der Waals surface area contributed by atoms with Gasteiger partial charge in [-0.2, -0.15) is 5.10 Å². The molecule has 7 nitrogen and oxygen atoms in total. The van der Waals surface area contributed by atoms with Crippen LogP contribution >= 0.6 is 11.3 Å². The van der Waals surface area contributed by atoms with Crippen molar-refractivity contribution in [2.24, 2.45) is 0 Å². The zero-order valence-electron chi connectivity index (χ0n) is 16.0. The van der Waals surface area contributed by atoms with Crippen LogP contribution in [0.15, 0.2) is 78.3 Å². The largest absolute Gasteiger partial charge is 0.493 e. The number of methoxy groups -OCH3 is 1. The highest BCUT2D eigenvalue weighted by molar-refractivity contribution is 7.12. The minimum absolute atomic E-state index is 0.161. The molecule has 0 aliphatic heterocycles. The predicted molar refractivity (Wildman–Crippen MR) is 117 cm³/mol. The summed E-state index contributed by atoms with van der Waals surface area (Å²) >= 11 is 1.36. The quantitative estimate of drug-likeness (QED) is 0.485. The third-order valence-corrected chi connectivity index (χ3v) is 5.13. The van der Waals surface area contributed by atoms with E-state index in [1.54, 1.807) is 41.2 Å². The van der Waals surface area contributed by atoms with Crippen LogP contribution in [0, 0.1) is 0 Å². The molecule has 0 atom stereocenters. The van der Waals surface area contributed by atoms with Gasteiger partial charge in [-0.05, 0) is 41.8 Å². The van der Waals surface area contributed by atoms with Gasteiger partial charge in [0.2, 0.25) is 0 Å². The Bertz CT molecular complexity index is 1170. The summed E-state index contributed by atoms with van der Waals surface area (Å²) in [6.45, 7) is 0. The Hall–Kier alpha value is -3.91. The van der Waals surface area contributed by atoms with Gasteiger partial charge in [-0.25, -0.2) is 4.68 Å². The molecule has 8 heteroatoms. The highest BCUT2D eigenvalue weighted by Gasteiger charge is 2.19. The van der Waals surface area contributed by atoms with Gasteiger partial charge in [0.05, 0.1) is 23.9 Å². The van der Waals surface area contributed by atoms with Crippen molar-refractivity contribution in [1.82, 2.24) is 9.78 Å². The lowest BCUT2D eigenvalue weighted by Gasteiger charge is -2.08. The van der Waals surface area contributed by atoms with Gasteiger partial charge in [0.15, 0.2) is 11.4 Å². The van der Waals surface area contributed by atoms with Crippen molar-refractivity contribution in [3.63, 3.8) is 0 Å². The van der Waals surface area contributed by atoms with E-state index in [1.165, 1.54) is 18.4 Å². The fraction of sp³-hybridized carbons (Fsp3) is 0.0455. The molecule has 2 aromatic heterocycles. The maximum Gasteiger partial charge on any atom is 0.280 e. The van der Waals surface area contributed by atoms with Crippen LogP contribution in [0.5, 0.6) is 5.75 Å². The molecule has 0 saturated heterocycles. The van der Waals surface area contributed by atoms with E-state index in [0.29, 0.717) is 22.0 Å². The Morgan fingerprint density at radius 2 is 1.67 bits per heavy atom. The number of anilines is 2. The molecule has 4 rings (SSSR count). The molecule has 0 spiro atoms. The third kappa shape index (κ3) is 4.23. The number of aromatic nitrogens is 2. The molecule has 0 aliphatic rings. The van der Waals surface area contributed by atoms with Crippen molar-refractivity contribution in [2.75, 3.05) is 17.7 Å². The van der Waals surface area contributed by atoms with Crippen molar-refractivity contribution in [3.05, 3.63) is 88.9 Å². The molecule has 2 heterocycles. The average Bonchev–Trinajstić information content (AvgIpc) is 3.45. The molecule has 0 bridgehead atoms. The molecule has 0 aliphatic carbocycles. The minimum Gasteiger partial charge on any atom is -0.493 e. The van der Waals surface area contributed by atoms with Crippen molar-refractivity contribution in [2.45, 2.75) is 0 Å². The van der Waals surface area contributed by atoms with E-state index in [1.807, 2.05) is 41.8 Å². The summed E-state index contributed by atoms with van der Waals surface area (Å²) in [5.41, 5.74) is 2.08. The number of amides is 2. The van der Waals surface area contributed by atoms with Crippen LogP contribution in [-0.2, 0) is 0 Å². The molecule has 2 aromatic carbocycles. The summed E-state index contributed by atoms with van der Waals surface area (Å²) in [5.74, 6) is -0.251. The molecule has 150 valence electrons. The van der Waals surface area contributed by atoms with Crippen molar-refractivity contribution < 1.29 is 14.3 Å². The van der Waals surface area contributed by atoms with E-state index in [9.17, 15) is 9.59 Å². The second-order valence-corrected chi connectivity index (χ2v) is 7.24. The highest BCUT2D eigenvalue weighted by Crippen LogP contribution is 2.22. The van der Waals surface area contributed by atoms with Crippen LogP contribution in [0.1, 0.15) is 20.2 Å². The molecular weight excluding hydrogens is 400 g/mol. The molecular formula is C22H18N4O3S. The second kappa shape index (κ2) is 8.62. The van der Waals surface area contributed by atoms with Crippen molar-refractivity contribution in [3.8, 4) is 11.4 Å². The van der Waals surface area contributed by atoms with Crippen molar-refractivity contribution in [1.29, 1.82) is 0 Å². The van der Waals surface area contributed by atoms with Gasteiger partial charge in [-0.3, -0.25) is 9.59 Å². The number of carbonyl (C=O) groups excluding carboxylic acids is 2. The first-order valence-electron chi connectivity index (χ1n) is 9.09. The average molecular weight is 418 g/mol. The molecule has 0 saturated carbocycles. The maximum absolute atomic E-state index is 12.8. The van der Waals surface area contributed by atoms with E-state index >= 15 is 0 Å². The zero-order chi connectivity index (χ0) is 20.9. The summed E-state index contributed by atoms with van der Waals surface area (Å²) in [6, 6.07) is 19.9. The van der Waals surface area contributed by atoms with Gasteiger partial charge in [-0.15, -0.1) is 11.3 Å². The van der Waals surface area contributed by atoms with Gasteiger partial charge in [0.25, 0.3) is 11.8 Å². The van der Waals surface area contributed by atoms with Gasteiger partial charge in [-0.1, -0.05) is 30.3 Å². The summed E-state index contributed by atoms with van der Waals surface area (Å²) in [7, 11) is 1.49. The Morgan fingerprint density at radius 3 is 2.33 bits per heavy atom. The van der Waals surface area contributed by atoms with Gasteiger partial charge >= 0.3 is 0 Å². The molecule has 0 unspecified atom stereocenters. The number of nitrogens with zero attached hydrogens (tertiary/aromatic N) is 2. The van der Waals surface area contributed by atoms with E-state index in [4.69, 9.17) is 4.74 Å². The Balaban J connectivity index is 1.51. The molecule has 0 fully saturated rings. The molecule has 30 heavy (non-hydrogen) atoms. The smallest absolute Gasteiger partial charge is 0.280 e. The zero-order valence-corrected chi connectivity index (χ0v) is 16.8. The van der Waals surface area contributed by atoms with Crippen LogP contribution in [0.2, 0.25) is 0 Å². The van der Waals surface area contributed by atoms with Gasteiger partial charge in [0.1, 0.15) is 0 Å². The van der Waals surface area contributed by atoms with E-state index in [2.05, 4.69) is 15.7 Å². The lowest BCUT2D eigenvalue weighted by Crippen LogP contribution is -2.15. The fourth-order valence-corrected chi connectivity index (χ4v) is 3.46. The fourth-order valence-electron chi connectivity index (χ4n) is 2.84. The Morgan fingerprint density at radius 1 is 0.933 bits per heavy atom. The highest BCUT2D eigenvalue weighted by atomic mass is 32.1. The van der Waals surface area contributed by atoms with Crippen LogP contribution in [0.25, 0.3) is 5.69 Å².